The maximum atomic E-state index is 13.2. The van der Waals surface area contributed by atoms with Crippen LogP contribution in [0.5, 0.6) is 0 Å². The highest BCUT2D eigenvalue weighted by atomic mass is 32.1. The van der Waals surface area contributed by atoms with Crippen molar-refractivity contribution >= 4 is 51.9 Å². The van der Waals surface area contributed by atoms with Gasteiger partial charge in [-0.1, -0.05) is 74.5 Å². The first-order chi connectivity index (χ1) is 22.1. The van der Waals surface area contributed by atoms with Gasteiger partial charge in [0.2, 0.25) is 11.8 Å². The summed E-state index contributed by atoms with van der Waals surface area (Å²) in [6, 6.07) is 21.9. The lowest BCUT2D eigenvalue weighted by atomic mass is 9.99. The van der Waals surface area contributed by atoms with E-state index in [9.17, 15) is 29.4 Å². The average Bonchev–Trinajstić information content (AvgIpc) is 3.58. The van der Waals surface area contributed by atoms with Crippen molar-refractivity contribution in [2.75, 3.05) is 7.11 Å². The molecule has 0 radical (unpaired) electrons. The van der Waals surface area contributed by atoms with E-state index >= 15 is 0 Å². The standard InChI is InChI=1S/C35H37N3O7S/c1-21(2)31(33(42)36-20-22-13-15-24(16-14-22)35(44)45-3)38-30(40)19-29(39)28(18-25-10-7-17-46-25)37-34(43)32(41)27-12-6-9-23-8-4-5-11-26(23)27/h4-18,21,29,31-32,39,41H,19-20H2,1-3H3,(H,36,42)(H,37,43)(H,38,40)/b28-18+/t29-,31-,32?/m0/s1. The third kappa shape index (κ3) is 8.87. The zero-order valence-corrected chi connectivity index (χ0v) is 26.5. The molecule has 4 aromatic rings. The number of ether oxygens (including phenoxy) is 1. The predicted octanol–water partition coefficient (Wildman–Crippen LogP) is 4.09. The number of aliphatic hydroxyl groups excluding tert-OH is 2. The van der Waals surface area contributed by atoms with Crippen LogP contribution in [0.2, 0.25) is 0 Å². The van der Waals surface area contributed by atoms with E-state index in [1.807, 2.05) is 35.7 Å². The highest BCUT2D eigenvalue weighted by Crippen LogP contribution is 2.25. The Balaban J connectivity index is 1.42. The number of thiophene rings is 1. The molecule has 4 rings (SSSR count). The van der Waals surface area contributed by atoms with Gasteiger partial charge >= 0.3 is 5.97 Å². The number of carbonyl (C=O) groups excluding carboxylic acids is 4. The van der Waals surface area contributed by atoms with Crippen molar-refractivity contribution in [1.29, 1.82) is 0 Å². The maximum absolute atomic E-state index is 13.2. The Morgan fingerprint density at radius 2 is 1.61 bits per heavy atom. The van der Waals surface area contributed by atoms with Crippen molar-refractivity contribution in [3.8, 4) is 0 Å². The van der Waals surface area contributed by atoms with Crippen LogP contribution in [0.25, 0.3) is 16.8 Å². The van der Waals surface area contributed by atoms with Crippen LogP contribution >= 0.6 is 11.3 Å². The van der Waals surface area contributed by atoms with E-state index in [4.69, 9.17) is 4.74 Å². The Bertz CT molecular complexity index is 1700. The Hall–Kier alpha value is -4.84. The molecule has 0 saturated carbocycles. The first-order valence-electron chi connectivity index (χ1n) is 14.7. The normalized spacial score (nSPS) is 13.5. The van der Waals surface area contributed by atoms with Crippen LogP contribution in [0.3, 0.4) is 0 Å². The van der Waals surface area contributed by atoms with E-state index in [2.05, 4.69) is 16.0 Å². The number of fused-ring (bicyclic) bond motifs is 1. The van der Waals surface area contributed by atoms with Crippen molar-refractivity contribution in [2.24, 2.45) is 5.92 Å². The fraction of sp³-hybridized carbons (Fsp3) is 0.257. The van der Waals surface area contributed by atoms with Gasteiger partial charge in [-0.15, -0.1) is 11.3 Å². The Morgan fingerprint density at radius 3 is 2.28 bits per heavy atom. The molecule has 0 fully saturated rings. The van der Waals surface area contributed by atoms with Gasteiger partial charge < -0.3 is 30.9 Å². The van der Waals surface area contributed by atoms with E-state index < -0.39 is 48.4 Å². The van der Waals surface area contributed by atoms with Gasteiger partial charge in [0.25, 0.3) is 5.91 Å². The van der Waals surface area contributed by atoms with Crippen LogP contribution in [0.1, 0.15) is 52.7 Å². The second kappa shape index (κ2) is 15.9. The van der Waals surface area contributed by atoms with E-state index in [0.717, 1.165) is 10.9 Å². The summed E-state index contributed by atoms with van der Waals surface area (Å²) in [4.78, 5) is 51.7. The molecule has 0 bridgehead atoms. The summed E-state index contributed by atoms with van der Waals surface area (Å²) in [5.41, 5.74) is 1.57. The molecule has 240 valence electrons. The first kappa shape index (κ1) is 34.0. The largest absolute Gasteiger partial charge is 0.465 e. The molecule has 0 aliphatic carbocycles. The SMILES string of the molecule is COC(=O)c1ccc(CNC(=O)[C@@H](NC(=O)C[C@H](O)/C(=C\c2cccs2)NC(=O)C(O)c2cccc3ccccc23)C(C)C)cc1. The molecule has 3 amide bonds. The number of hydrogen-bond donors (Lipinski definition) is 5. The Morgan fingerprint density at radius 1 is 0.891 bits per heavy atom. The van der Waals surface area contributed by atoms with Gasteiger partial charge in [0.05, 0.1) is 19.1 Å². The van der Waals surface area contributed by atoms with Crippen molar-refractivity contribution in [3.63, 3.8) is 0 Å². The maximum Gasteiger partial charge on any atom is 0.337 e. The second-order valence-corrected chi connectivity index (χ2v) is 12.0. The number of aliphatic hydroxyl groups is 2. The topological polar surface area (TPSA) is 154 Å². The highest BCUT2D eigenvalue weighted by molar-refractivity contribution is 7.10. The monoisotopic (exact) mass is 643 g/mol. The number of methoxy groups -OCH3 is 1. The van der Waals surface area contributed by atoms with Gasteiger partial charge in [-0.3, -0.25) is 14.4 Å². The molecule has 1 heterocycles. The summed E-state index contributed by atoms with van der Waals surface area (Å²) in [6.07, 6.45) is -1.89. The van der Waals surface area contributed by atoms with E-state index in [1.54, 1.807) is 68.5 Å². The van der Waals surface area contributed by atoms with Crippen molar-refractivity contribution in [2.45, 2.75) is 45.1 Å². The minimum absolute atomic E-state index is 0.0304. The van der Waals surface area contributed by atoms with Gasteiger partial charge in [-0.2, -0.15) is 0 Å². The third-order valence-corrected chi connectivity index (χ3v) is 8.14. The number of benzene rings is 3. The lowest BCUT2D eigenvalue weighted by Gasteiger charge is -2.23. The van der Waals surface area contributed by atoms with Gasteiger partial charge in [-0.25, -0.2) is 4.79 Å². The smallest absolute Gasteiger partial charge is 0.337 e. The third-order valence-electron chi connectivity index (χ3n) is 7.32. The molecule has 0 saturated heterocycles. The van der Waals surface area contributed by atoms with Crippen LogP contribution in [-0.2, 0) is 25.7 Å². The molecule has 1 aromatic heterocycles. The molecule has 46 heavy (non-hydrogen) atoms. The van der Waals surface area contributed by atoms with Crippen LogP contribution in [0.15, 0.2) is 89.9 Å². The lowest BCUT2D eigenvalue weighted by molar-refractivity contribution is -0.131. The first-order valence-corrected chi connectivity index (χ1v) is 15.6. The molecule has 3 aromatic carbocycles. The van der Waals surface area contributed by atoms with Crippen molar-refractivity contribution in [3.05, 3.63) is 112 Å². The number of esters is 1. The van der Waals surface area contributed by atoms with E-state index in [-0.39, 0.29) is 18.2 Å². The summed E-state index contributed by atoms with van der Waals surface area (Å²) < 4.78 is 4.70. The molecule has 0 aliphatic heterocycles. The number of carbonyl (C=O) groups is 4. The van der Waals surface area contributed by atoms with E-state index in [1.165, 1.54) is 18.4 Å². The van der Waals surface area contributed by atoms with Crippen molar-refractivity contribution < 1.29 is 34.1 Å². The summed E-state index contributed by atoms with van der Waals surface area (Å²) in [6.45, 7) is 3.73. The van der Waals surface area contributed by atoms with Gasteiger partial charge in [0.15, 0.2) is 6.10 Å². The molecule has 1 unspecified atom stereocenters. The number of amides is 3. The molecule has 3 atom stereocenters. The Kier molecular flexibility index (Phi) is 11.8. The van der Waals surface area contributed by atoms with Gasteiger partial charge in [0.1, 0.15) is 12.1 Å². The molecule has 0 spiro atoms. The number of rotatable bonds is 13. The summed E-state index contributed by atoms with van der Waals surface area (Å²) in [7, 11) is 1.30. The molecule has 11 heteroatoms. The van der Waals surface area contributed by atoms with Crippen LogP contribution in [0, 0.1) is 5.92 Å². The zero-order valence-electron chi connectivity index (χ0n) is 25.7. The molecule has 0 aliphatic rings. The fourth-order valence-corrected chi connectivity index (χ4v) is 5.48. The Labute approximate surface area is 271 Å². The molecular weight excluding hydrogens is 606 g/mol. The lowest BCUT2D eigenvalue weighted by Crippen LogP contribution is -2.50. The number of hydrogen-bond acceptors (Lipinski definition) is 8. The highest BCUT2D eigenvalue weighted by Gasteiger charge is 2.27. The van der Waals surface area contributed by atoms with Crippen LogP contribution < -0.4 is 16.0 Å². The molecular formula is C35H37N3O7S. The predicted molar refractivity (Wildman–Crippen MR) is 176 cm³/mol. The average molecular weight is 644 g/mol. The second-order valence-electron chi connectivity index (χ2n) is 11.0. The summed E-state index contributed by atoms with van der Waals surface area (Å²) in [5, 5.41) is 33.6. The van der Waals surface area contributed by atoms with Gasteiger partial charge in [-0.05, 0) is 57.5 Å². The minimum atomic E-state index is -1.54. The summed E-state index contributed by atoms with van der Waals surface area (Å²) >= 11 is 1.37. The summed E-state index contributed by atoms with van der Waals surface area (Å²) in [5.74, 6) is -2.54. The van der Waals surface area contributed by atoms with Crippen LogP contribution in [-0.4, -0.2) is 53.2 Å². The minimum Gasteiger partial charge on any atom is -0.465 e. The quantitative estimate of drug-likeness (QED) is 0.138. The van der Waals surface area contributed by atoms with Gasteiger partial charge in [0, 0.05) is 17.1 Å². The molecule has 10 nitrogen and oxygen atoms in total. The van der Waals surface area contributed by atoms with E-state index in [0.29, 0.717) is 21.4 Å². The zero-order chi connectivity index (χ0) is 33.2. The van der Waals surface area contributed by atoms with Crippen molar-refractivity contribution in [1.82, 2.24) is 16.0 Å². The van der Waals surface area contributed by atoms with Crippen LogP contribution in [0.4, 0.5) is 0 Å². The fourth-order valence-electron chi connectivity index (χ4n) is 4.81. The number of nitrogens with one attached hydrogen (secondary N) is 3. The molecule has 5 N–H and O–H groups in total.